The zero-order valence-electron chi connectivity index (χ0n) is 11.4. The smallest absolute Gasteiger partial charge is 0.311 e. The van der Waals surface area contributed by atoms with E-state index in [0.29, 0.717) is 17.1 Å². The van der Waals surface area contributed by atoms with Crippen LogP contribution in [0.3, 0.4) is 0 Å². The van der Waals surface area contributed by atoms with E-state index < -0.39 is 5.41 Å². The van der Waals surface area contributed by atoms with Gasteiger partial charge >= 0.3 is 5.97 Å². The van der Waals surface area contributed by atoms with Crippen LogP contribution in [0.2, 0.25) is 0 Å². The van der Waals surface area contributed by atoms with Gasteiger partial charge in [0.15, 0.2) is 5.65 Å². The molecule has 0 saturated heterocycles. The number of esters is 1. The average molecular weight is 264 g/mol. The molecular weight excluding hydrogens is 248 g/mol. The largest absolute Gasteiger partial charge is 0.459 e. The van der Waals surface area contributed by atoms with Gasteiger partial charge in [-0.15, -0.1) is 4.57 Å². The average Bonchev–Trinajstić information content (AvgIpc) is 2.65. The predicted octanol–water partition coefficient (Wildman–Crippen LogP) is 1.69. The molecule has 0 aliphatic heterocycles. The third-order valence-electron chi connectivity index (χ3n) is 2.49. The monoisotopic (exact) mass is 264 g/mol. The molecule has 2 heterocycles. The van der Waals surface area contributed by atoms with Crippen LogP contribution in [-0.2, 0) is 16.1 Å². The first-order chi connectivity index (χ1) is 8.77. The summed E-state index contributed by atoms with van der Waals surface area (Å²) in [5, 5.41) is 0. The minimum Gasteiger partial charge on any atom is -0.459 e. The summed E-state index contributed by atoms with van der Waals surface area (Å²) in [6.45, 7) is 7.00. The van der Waals surface area contributed by atoms with Gasteiger partial charge in [0.25, 0.3) is 5.56 Å². The maximum Gasteiger partial charge on any atom is 0.311 e. The van der Waals surface area contributed by atoms with E-state index in [1.54, 1.807) is 33.8 Å². The lowest BCUT2D eigenvalue weighted by molar-refractivity contribution is -0.154. The number of aryl methyl sites for hydroxylation is 1. The number of rotatable bonds is 2. The van der Waals surface area contributed by atoms with Crippen molar-refractivity contribution in [1.29, 1.82) is 0 Å². The van der Waals surface area contributed by atoms with E-state index in [1.165, 1.54) is 6.07 Å². The van der Waals surface area contributed by atoms with Gasteiger partial charge in [-0.1, -0.05) is 0 Å². The van der Waals surface area contributed by atoms with Gasteiger partial charge in [-0.25, -0.2) is 4.98 Å². The molecule has 0 amide bonds. The van der Waals surface area contributed by atoms with E-state index in [-0.39, 0.29) is 18.1 Å². The molecule has 6 nitrogen and oxygen atoms in total. The third-order valence-corrected chi connectivity index (χ3v) is 2.49. The Balaban J connectivity index is 2.22. The molecule has 6 heteroatoms. The van der Waals surface area contributed by atoms with E-state index in [9.17, 15) is 9.59 Å². The normalized spacial score (nSPS) is 11.8. The zero-order valence-corrected chi connectivity index (χ0v) is 11.4. The Morgan fingerprint density at radius 1 is 1.42 bits per heavy atom. The Hall–Kier alpha value is -2.11. The van der Waals surface area contributed by atoms with Gasteiger partial charge < -0.3 is 9.26 Å². The summed E-state index contributed by atoms with van der Waals surface area (Å²) >= 11 is 0. The molecule has 0 radical (unpaired) electrons. The lowest BCUT2D eigenvalue weighted by Crippen LogP contribution is -2.23. The summed E-state index contributed by atoms with van der Waals surface area (Å²) in [7, 11) is 0. The second kappa shape index (κ2) is 4.53. The molecular formula is C13H16N2O4. The number of fused-ring (bicyclic) bond motifs is 1. The lowest BCUT2D eigenvalue weighted by Gasteiger charge is -2.16. The van der Waals surface area contributed by atoms with Gasteiger partial charge in [0.05, 0.1) is 11.1 Å². The number of nitrogens with zero attached hydrogens (tertiary/aromatic N) is 2. The summed E-state index contributed by atoms with van der Waals surface area (Å²) < 4.78 is 11.4. The number of aromatic nitrogens is 2. The fraction of sp³-hybridized carbons (Fsp3) is 0.462. The first-order valence-electron chi connectivity index (χ1n) is 5.94. The van der Waals surface area contributed by atoms with Crippen molar-refractivity contribution in [3.8, 4) is 0 Å². The Bertz CT molecular complexity index is 676. The summed E-state index contributed by atoms with van der Waals surface area (Å²) in [6, 6.07) is 2.95. The zero-order chi connectivity index (χ0) is 14.2. The number of ether oxygens (including phenoxy) is 1. The third kappa shape index (κ3) is 2.83. The van der Waals surface area contributed by atoms with Crippen LogP contribution in [0.15, 0.2) is 21.5 Å². The van der Waals surface area contributed by atoms with Crippen LogP contribution < -0.4 is 5.56 Å². The van der Waals surface area contributed by atoms with E-state index in [0.717, 1.165) is 4.57 Å². The summed E-state index contributed by atoms with van der Waals surface area (Å²) in [5.41, 5.74) is -0.0964. The minimum absolute atomic E-state index is 0.0218. The molecule has 0 aliphatic carbocycles. The highest BCUT2D eigenvalue weighted by Crippen LogP contribution is 2.16. The summed E-state index contributed by atoms with van der Waals surface area (Å²) in [5.74, 6) is 0.256. The molecule has 0 N–H and O–H groups in total. The maximum atomic E-state index is 11.7. The van der Waals surface area contributed by atoms with Crippen LogP contribution in [0.4, 0.5) is 0 Å². The van der Waals surface area contributed by atoms with Crippen molar-refractivity contribution < 1.29 is 14.1 Å². The summed E-state index contributed by atoms with van der Waals surface area (Å²) in [6.07, 6.45) is 0. The topological polar surface area (TPSA) is 73.8 Å². The number of carbonyl (C=O) groups is 1. The van der Waals surface area contributed by atoms with Crippen LogP contribution in [0, 0.1) is 12.3 Å². The second-order valence-electron chi connectivity index (χ2n) is 5.41. The first kappa shape index (κ1) is 13.3. The Morgan fingerprint density at radius 2 is 2.11 bits per heavy atom. The van der Waals surface area contributed by atoms with Gasteiger partial charge in [-0.2, -0.15) is 0 Å². The van der Waals surface area contributed by atoms with Crippen LogP contribution in [0.1, 0.15) is 32.2 Å². The molecule has 0 atom stereocenters. The quantitative estimate of drug-likeness (QED) is 0.771. The fourth-order valence-corrected chi connectivity index (χ4v) is 1.50. The molecule has 0 aliphatic rings. The van der Waals surface area contributed by atoms with E-state index in [4.69, 9.17) is 9.26 Å². The Kier molecular flexibility index (Phi) is 3.18. The molecule has 0 fully saturated rings. The fourth-order valence-electron chi connectivity index (χ4n) is 1.50. The van der Waals surface area contributed by atoms with E-state index >= 15 is 0 Å². The van der Waals surface area contributed by atoms with Gasteiger partial charge in [0, 0.05) is 12.1 Å². The number of hydrogen-bond donors (Lipinski definition) is 0. The van der Waals surface area contributed by atoms with Crippen LogP contribution >= 0.6 is 0 Å². The maximum absolute atomic E-state index is 11.7. The van der Waals surface area contributed by atoms with Crippen molar-refractivity contribution in [3.63, 3.8) is 0 Å². The molecule has 0 aromatic carbocycles. The van der Waals surface area contributed by atoms with Crippen LogP contribution in [-0.4, -0.2) is 15.5 Å². The summed E-state index contributed by atoms with van der Waals surface area (Å²) in [4.78, 5) is 27.6. The molecule has 102 valence electrons. The SMILES string of the molecule is Cc1cc2nc(COC(=O)C(C)(C)C)cc(=O)n2o1. The highest BCUT2D eigenvalue weighted by molar-refractivity contribution is 5.75. The molecule has 0 saturated carbocycles. The highest BCUT2D eigenvalue weighted by atomic mass is 16.5. The first-order valence-corrected chi connectivity index (χ1v) is 5.94. The standard InChI is InChI=1S/C13H16N2O4/c1-8-5-10-14-9(6-11(16)15(10)19-8)7-18-12(17)13(2,3)4/h5-6H,7H2,1-4H3. The van der Waals surface area contributed by atoms with Gasteiger partial charge in [-0.05, 0) is 27.7 Å². The molecule has 2 aromatic heterocycles. The number of carbonyl (C=O) groups excluding carboxylic acids is 1. The predicted molar refractivity (Wildman–Crippen MR) is 67.7 cm³/mol. The van der Waals surface area contributed by atoms with Crippen LogP contribution in [0.25, 0.3) is 5.65 Å². The molecule has 19 heavy (non-hydrogen) atoms. The molecule has 0 bridgehead atoms. The lowest BCUT2D eigenvalue weighted by atomic mass is 9.97. The Labute approximate surface area is 110 Å². The van der Waals surface area contributed by atoms with Gasteiger partial charge in [0.1, 0.15) is 12.4 Å². The second-order valence-corrected chi connectivity index (χ2v) is 5.41. The van der Waals surface area contributed by atoms with Crippen LogP contribution in [0.5, 0.6) is 0 Å². The highest BCUT2D eigenvalue weighted by Gasteiger charge is 2.23. The van der Waals surface area contributed by atoms with Crippen molar-refractivity contribution in [2.24, 2.45) is 5.41 Å². The minimum atomic E-state index is -0.578. The van der Waals surface area contributed by atoms with Gasteiger partial charge in [-0.3, -0.25) is 9.59 Å². The molecule has 2 aromatic rings. The van der Waals surface area contributed by atoms with Crippen molar-refractivity contribution in [3.05, 3.63) is 33.9 Å². The van der Waals surface area contributed by atoms with Crippen molar-refractivity contribution in [1.82, 2.24) is 9.56 Å². The van der Waals surface area contributed by atoms with Gasteiger partial charge in [0.2, 0.25) is 0 Å². The molecule has 2 rings (SSSR count). The molecule has 0 unspecified atom stereocenters. The Morgan fingerprint density at radius 3 is 2.74 bits per heavy atom. The van der Waals surface area contributed by atoms with E-state index in [2.05, 4.69) is 4.98 Å². The number of hydrogen-bond acceptors (Lipinski definition) is 5. The van der Waals surface area contributed by atoms with Crippen molar-refractivity contribution >= 4 is 11.6 Å². The van der Waals surface area contributed by atoms with Crippen molar-refractivity contribution in [2.45, 2.75) is 34.3 Å². The van der Waals surface area contributed by atoms with E-state index in [1.807, 2.05) is 0 Å². The van der Waals surface area contributed by atoms with Crippen molar-refractivity contribution in [2.75, 3.05) is 0 Å². The molecule has 0 spiro atoms.